The van der Waals surface area contributed by atoms with Crippen molar-refractivity contribution in [1.29, 1.82) is 0 Å². The van der Waals surface area contributed by atoms with Gasteiger partial charge in [0.15, 0.2) is 0 Å². The number of benzene rings is 1. The van der Waals surface area contributed by atoms with Crippen molar-refractivity contribution in [3.8, 4) is 5.75 Å². The average molecular weight is 295 g/mol. The zero-order valence-corrected chi connectivity index (χ0v) is 9.71. The molecule has 16 heavy (non-hydrogen) atoms. The van der Waals surface area contributed by atoms with Crippen LogP contribution >= 0.6 is 15.9 Å². The Balaban J connectivity index is 2.84. The first-order valence-electron chi connectivity index (χ1n) is 4.44. The molecule has 0 unspecified atom stereocenters. The van der Waals surface area contributed by atoms with Crippen LogP contribution in [-0.2, 0) is 11.2 Å². The Labute approximate surface area is 99.2 Å². The summed E-state index contributed by atoms with van der Waals surface area (Å²) in [6.07, 6.45) is 0.0207. The molecule has 0 fully saturated rings. The molecule has 0 bridgehead atoms. The predicted molar refractivity (Wildman–Crippen MR) is 56.7 cm³/mol. The smallest absolute Gasteiger partial charge is 0.387 e. The van der Waals surface area contributed by atoms with E-state index in [0.29, 0.717) is 10.0 Å². The number of alkyl halides is 2. The monoisotopic (exact) mass is 294 g/mol. The molecule has 0 radical (unpaired) electrons. The van der Waals surface area contributed by atoms with Gasteiger partial charge in [-0.05, 0) is 30.2 Å². The number of halogens is 3. The molecule has 0 spiro atoms. The highest BCUT2D eigenvalue weighted by Crippen LogP contribution is 2.25. The van der Waals surface area contributed by atoms with Crippen molar-refractivity contribution in [1.82, 2.24) is 0 Å². The van der Waals surface area contributed by atoms with Crippen LogP contribution in [0.1, 0.15) is 12.0 Å². The second-order valence-electron chi connectivity index (χ2n) is 3.02. The molecule has 88 valence electrons. The van der Waals surface area contributed by atoms with E-state index in [2.05, 4.69) is 20.7 Å². The minimum atomic E-state index is -2.91. The van der Waals surface area contributed by atoms with Crippen LogP contribution in [0.4, 0.5) is 8.78 Å². The van der Waals surface area contributed by atoms with Crippen molar-refractivity contribution < 1.29 is 23.4 Å². The highest BCUT2D eigenvalue weighted by molar-refractivity contribution is 9.10. The first kappa shape index (κ1) is 12.9. The minimum absolute atomic E-state index is 0.0134. The number of hydrogen-bond donors (Lipinski definition) is 1. The van der Waals surface area contributed by atoms with Crippen molar-refractivity contribution in [2.24, 2.45) is 0 Å². The Hall–Kier alpha value is -1.17. The molecular formula is C10H9BrF2O3. The van der Waals surface area contributed by atoms with Gasteiger partial charge in [-0.15, -0.1) is 0 Å². The van der Waals surface area contributed by atoms with Crippen LogP contribution < -0.4 is 4.74 Å². The molecule has 0 saturated heterocycles. The maximum Gasteiger partial charge on any atom is 0.387 e. The van der Waals surface area contributed by atoms with Gasteiger partial charge >= 0.3 is 12.6 Å². The molecule has 0 heterocycles. The number of carbonyl (C=O) groups is 1. The van der Waals surface area contributed by atoms with Gasteiger partial charge in [0, 0.05) is 10.9 Å². The van der Waals surface area contributed by atoms with Gasteiger partial charge in [-0.3, -0.25) is 4.79 Å². The van der Waals surface area contributed by atoms with Gasteiger partial charge in [0.25, 0.3) is 0 Å². The Bertz CT molecular complexity index is 382. The van der Waals surface area contributed by atoms with E-state index in [1.807, 2.05) is 0 Å². The number of carboxylic acid groups (broad SMARTS) is 1. The van der Waals surface area contributed by atoms with Crippen LogP contribution in [0.5, 0.6) is 5.75 Å². The summed E-state index contributed by atoms with van der Waals surface area (Å²) in [5.74, 6) is -0.970. The molecule has 0 atom stereocenters. The molecule has 0 amide bonds. The molecule has 1 aromatic carbocycles. The quantitative estimate of drug-likeness (QED) is 0.908. The second-order valence-corrected chi connectivity index (χ2v) is 3.94. The van der Waals surface area contributed by atoms with E-state index in [4.69, 9.17) is 5.11 Å². The van der Waals surface area contributed by atoms with Gasteiger partial charge < -0.3 is 9.84 Å². The van der Waals surface area contributed by atoms with Crippen LogP contribution in [0, 0.1) is 0 Å². The molecule has 0 aliphatic rings. The molecule has 0 aliphatic heterocycles. The fraction of sp³-hybridized carbons (Fsp3) is 0.300. The molecule has 1 aromatic rings. The van der Waals surface area contributed by atoms with E-state index < -0.39 is 12.6 Å². The normalized spacial score (nSPS) is 10.5. The molecule has 0 aliphatic carbocycles. The number of aryl methyl sites for hydroxylation is 1. The summed E-state index contributed by atoms with van der Waals surface area (Å²) in [5, 5.41) is 8.52. The SMILES string of the molecule is O=C(O)CCc1cc(Br)ccc1OC(F)F. The van der Waals surface area contributed by atoms with E-state index >= 15 is 0 Å². The topological polar surface area (TPSA) is 46.5 Å². The number of hydrogen-bond acceptors (Lipinski definition) is 2. The highest BCUT2D eigenvalue weighted by Gasteiger charge is 2.11. The van der Waals surface area contributed by atoms with Gasteiger partial charge in [-0.2, -0.15) is 8.78 Å². The van der Waals surface area contributed by atoms with Gasteiger partial charge in [-0.1, -0.05) is 15.9 Å². The Morgan fingerprint density at radius 3 is 2.75 bits per heavy atom. The van der Waals surface area contributed by atoms with Crippen molar-refractivity contribution in [3.63, 3.8) is 0 Å². The number of aliphatic carboxylic acids is 1. The van der Waals surface area contributed by atoms with Gasteiger partial charge in [-0.25, -0.2) is 0 Å². The summed E-state index contributed by atoms with van der Waals surface area (Å²) in [6, 6.07) is 4.51. The van der Waals surface area contributed by atoms with E-state index in [-0.39, 0.29) is 18.6 Å². The van der Waals surface area contributed by atoms with E-state index in [1.165, 1.54) is 6.07 Å². The van der Waals surface area contributed by atoms with Crippen LogP contribution in [-0.4, -0.2) is 17.7 Å². The average Bonchev–Trinajstić information content (AvgIpc) is 2.17. The molecule has 6 heteroatoms. The summed E-state index contributed by atoms with van der Waals surface area (Å²) in [5.41, 5.74) is 0.442. The summed E-state index contributed by atoms with van der Waals surface area (Å²) in [7, 11) is 0. The Morgan fingerprint density at radius 2 is 2.19 bits per heavy atom. The van der Waals surface area contributed by atoms with Gasteiger partial charge in [0.1, 0.15) is 5.75 Å². The number of ether oxygens (including phenoxy) is 1. The van der Waals surface area contributed by atoms with Crippen molar-refractivity contribution in [2.75, 3.05) is 0 Å². The van der Waals surface area contributed by atoms with Crippen molar-refractivity contribution in [2.45, 2.75) is 19.5 Å². The van der Waals surface area contributed by atoms with E-state index in [0.717, 1.165) is 0 Å². The maximum atomic E-state index is 12.0. The molecule has 1 N–H and O–H groups in total. The van der Waals surface area contributed by atoms with Crippen molar-refractivity contribution >= 4 is 21.9 Å². The van der Waals surface area contributed by atoms with E-state index in [1.54, 1.807) is 12.1 Å². The first-order chi connectivity index (χ1) is 7.49. The van der Waals surface area contributed by atoms with E-state index in [9.17, 15) is 13.6 Å². The lowest BCUT2D eigenvalue weighted by atomic mass is 10.1. The van der Waals surface area contributed by atoms with Gasteiger partial charge in [0.05, 0.1) is 0 Å². The van der Waals surface area contributed by atoms with Crippen LogP contribution in [0.2, 0.25) is 0 Å². The fourth-order valence-corrected chi connectivity index (χ4v) is 1.60. The summed E-state index contributed by atoms with van der Waals surface area (Å²) in [4.78, 5) is 10.4. The molecule has 1 rings (SSSR count). The lowest BCUT2D eigenvalue weighted by molar-refractivity contribution is -0.136. The van der Waals surface area contributed by atoms with Crippen LogP contribution in [0.15, 0.2) is 22.7 Å². The standard InChI is InChI=1S/C10H9BrF2O3/c11-7-2-3-8(16-10(12)13)6(5-7)1-4-9(14)15/h2-3,5,10H,1,4H2,(H,14,15). The summed E-state index contributed by atoms with van der Waals surface area (Å²) in [6.45, 7) is -2.91. The molecule has 0 aromatic heterocycles. The van der Waals surface area contributed by atoms with Gasteiger partial charge in [0.2, 0.25) is 0 Å². The first-order valence-corrected chi connectivity index (χ1v) is 5.23. The zero-order chi connectivity index (χ0) is 12.1. The largest absolute Gasteiger partial charge is 0.481 e. The molecule has 0 saturated carbocycles. The second kappa shape index (κ2) is 5.79. The third-order valence-corrected chi connectivity index (χ3v) is 2.34. The Kier molecular flexibility index (Phi) is 4.67. The summed E-state index contributed by atoms with van der Waals surface area (Å²) < 4.78 is 29.1. The maximum absolute atomic E-state index is 12.0. The third-order valence-electron chi connectivity index (χ3n) is 1.85. The zero-order valence-electron chi connectivity index (χ0n) is 8.12. The minimum Gasteiger partial charge on any atom is -0.481 e. The lowest BCUT2D eigenvalue weighted by Crippen LogP contribution is -2.06. The molecular weight excluding hydrogens is 286 g/mol. The Morgan fingerprint density at radius 1 is 1.50 bits per heavy atom. The highest BCUT2D eigenvalue weighted by atomic mass is 79.9. The molecule has 3 nitrogen and oxygen atoms in total. The predicted octanol–water partition coefficient (Wildman–Crippen LogP) is 3.07. The van der Waals surface area contributed by atoms with Crippen LogP contribution in [0.25, 0.3) is 0 Å². The summed E-state index contributed by atoms with van der Waals surface area (Å²) >= 11 is 3.18. The fourth-order valence-electron chi connectivity index (χ4n) is 1.20. The number of rotatable bonds is 5. The van der Waals surface area contributed by atoms with Crippen molar-refractivity contribution in [3.05, 3.63) is 28.2 Å². The third kappa shape index (κ3) is 4.14. The lowest BCUT2D eigenvalue weighted by Gasteiger charge is -2.10. The number of carboxylic acids is 1. The van der Waals surface area contributed by atoms with Crippen LogP contribution in [0.3, 0.4) is 0 Å².